The van der Waals surface area contributed by atoms with Crippen molar-refractivity contribution in [3.8, 4) is 16.9 Å². The van der Waals surface area contributed by atoms with Gasteiger partial charge in [-0.3, -0.25) is 4.79 Å². The predicted molar refractivity (Wildman–Crippen MR) is 92.8 cm³/mol. The molecule has 23 heavy (non-hydrogen) atoms. The Balaban J connectivity index is 1.94. The van der Waals surface area contributed by atoms with Crippen LogP contribution in [0.5, 0.6) is 5.75 Å². The minimum absolute atomic E-state index is 0.443. The van der Waals surface area contributed by atoms with E-state index >= 15 is 0 Å². The van der Waals surface area contributed by atoms with E-state index in [-0.39, 0.29) is 0 Å². The van der Waals surface area contributed by atoms with Crippen LogP contribution in [0.1, 0.15) is 21.5 Å². The number of aldehydes is 1. The normalized spacial score (nSPS) is 10.3. The SMILES string of the molecule is Cc1ccccc1-c1cccc(OCc2ccccc2)c1C=O. The molecule has 3 aromatic carbocycles. The third-order valence-corrected chi connectivity index (χ3v) is 3.86. The van der Waals surface area contributed by atoms with Gasteiger partial charge in [0.1, 0.15) is 12.4 Å². The molecule has 0 radical (unpaired) electrons. The van der Waals surface area contributed by atoms with Crippen LogP contribution in [-0.2, 0) is 6.61 Å². The first kappa shape index (κ1) is 15.0. The van der Waals surface area contributed by atoms with Gasteiger partial charge < -0.3 is 4.74 Å². The van der Waals surface area contributed by atoms with Gasteiger partial charge in [0, 0.05) is 0 Å². The fourth-order valence-electron chi connectivity index (χ4n) is 2.64. The number of carbonyl (C=O) groups is 1. The highest BCUT2D eigenvalue weighted by Gasteiger charge is 2.12. The fraction of sp³-hybridized carbons (Fsp3) is 0.0952. The first-order valence-electron chi connectivity index (χ1n) is 7.60. The van der Waals surface area contributed by atoms with Gasteiger partial charge in [-0.2, -0.15) is 0 Å². The second kappa shape index (κ2) is 6.93. The third kappa shape index (κ3) is 3.32. The van der Waals surface area contributed by atoms with Crippen molar-refractivity contribution in [3.63, 3.8) is 0 Å². The molecule has 0 aromatic heterocycles. The summed E-state index contributed by atoms with van der Waals surface area (Å²) in [6.45, 7) is 2.49. The van der Waals surface area contributed by atoms with E-state index in [2.05, 4.69) is 0 Å². The molecule has 0 fully saturated rings. The number of benzene rings is 3. The maximum Gasteiger partial charge on any atom is 0.154 e. The first-order valence-corrected chi connectivity index (χ1v) is 7.60. The van der Waals surface area contributed by atoms with Gasteiger partial charge in [0.05, 0.1) is 5.56 Å². The summed E-state index contributed by atoms with van der Waals surface area (Å²) in [6.07, 6.45) is 0.877. The van der Waals surface area contributed by atoms with Gasteiger partial charge in [-0.15, -0.1) is 0 Å². The maximum absolute atomic E-state index is 11.7. The summed E-state index contributed by atoms with van der Waals surface area (Å²) in [4.78, 5) is 11.7. The number of aryl methyl sites for hydroxylation is 1. The average Bonchev–Trinajstić information content (AvgIpc) is 2.61. The molecule has 3 aromatic rings. The highest BCUT2D eigenvalue weighted by Crippen LogP contribution is 2.31. The number of hydrogen-bond donors (Lipinski definition) is 0. The Labute approximate surface area is 136 Å². The van der Waals surface area contributed by atoms with Crippen molar-refractivity contribution >= 4 is 6.29 Å². The first-order chi connectivity index (χ1) is 11.3. The van der Waals surface area contributed by atoms with E-state index in [1.165, 1.54) is 0 Å². The lowest BCUT2D eigenvalue weighted by molar-refractivity contribution is 0.111. The van der Waals surface area contributed by atoms with Crippen LogP contribution in [0, 0.1) is 6.92 Å². The molecule has 0 aliphatic rings. The molecule has 2 nitrogen and oxygen atoms in total. The Morgan fingerprint density at radius 3 is 2.26 bits per heavy atom. The molecule has 0 bridgehead atoms. The van der Waals surface area contributed by atoms with Gasteiger partial charge >= 0.3 is 0 Å². The van der Waals surface area contributed by atoms with E-state index in [9.17, 15) is 4.79 Å². The molecule has 0 aliphatic carbocycles. The standard InChI is InChI=1S/C21H18O2/c1-16-8-5-6-11-18(16)19-12-7-13-21(20(19)14-22)23-15-17-9-3-2-4-10-17/h2-14H,15H2,1H3. The molecule has 0 N–H and O–H groups in total. The summed E-state index contributed by atoms with van der Waals surface area (Å²) < 4.78 is 5.88. The Morgan fingerprint density at radius 2 is 1.52 bits per heavy atom. The topological polar surface area (TPSA) is 26.3 Å². The van der Waals surface area contributed by atoms with Crippen LogP contribution in [0.15, 0.2) is 72.8 Å². The van der Waals surface area contributed by atoms with Crippen LogP contribution < -0.4 is 4.74 Å². The van der Waals surface area contributed by atoms with Crippen LogP contribution in [0.25, 0.3) is 11.1 Å². The number of hydrogen-bond acceptors (Lipinski definition) is 2. The number of rotatable bonds is 5. The summed E-state index contributed by atoms with van der Waals surface area (Å²) in [5.74, 6) is 0.615. The van der Waals surface area contributed by atoms with Crippen molar-refractivity contribution in [1.29, 1.82) is 0 Å². The molecular formula is C21H18O2. The molecule has 0 saturated heterocycles. The monoisotopic (exact) mass is 302 g/mol. The number of ether oxygens (including phenoxy) is 1. The summed E-state index contributed by atoms with van der Waals surface area (Å²) in [6, 6.07) is 23.7. The molecule has 0 aliphatic heterocycles. The molecule has 114 valence electrons. The smallest absolute Gasteiger partial charge is 0.154 e. The van der Waals surface area contributed by atoms with Crippen molar-refractivity contribution in [1.82, 2.24) is 0 Å². The molecule has 0 atom stereocenters. The van der Waals surface area contributed by atoms with Gasteiger partial charge in [-0.1, -0.05) is 66.7 Å². The number of carbonyl (C=O) groups excluding carboxylic acids is 1. The fourth-order valence-corrected chi connectivity index (χ4v) is 2.64. The lowest BCUT2D eigenvalue weighted by Gasteiger charge is -2.13. The van der Waals surface area contributed by atoms with Crippen LogP contribution in [-0.4, -0.2) is 6.29 Å². The summed E-state index contributed by atoms with van der Waals surface area (Å²) >= 11 is 0. The Kier molecular flexibility index (Phi) is 4.53. The van der Waals surface area contributed by atoms with Crippen molar-refractivity contribution in [2.24, 2.45) is 0 Å². The van der Waals surface area contributed by atoms with Crippen LogP contribution in [0.2, 0.25) is 0 Å². The lowest BCUT2D eigenvalue weighted by Crippen LogP contribution is -2.00. The molecule has 2 heteroatoms. The van der Waals surface area contributed by atoms with Gasteiger partial charge in [-0.25, -0.2) is 0 Å². The Morgan fingerprint density at radius 1 is 0.826 bits per heavy atom. The van der Waals surface area contributed by atoms with E-state index in [4.69, 9.17) is 4.74 Å². The molecule has 0 spiro atoms. The summed E-state index contributed by atoms with van der Waals surface area (Å²) in [7, 11) is 0. The van der Waals surface area contributed by atoms with E-state index in [1.807, 2.05) is 79.7 Å². The third-order valence-electron chi connectivity index (χ3n) is 3.86. The quantitative estimate of drug-likeness (QED) is 0.616. The zero-order valence-electron chi connectivity index (χ0n) is 13.0. The zero-order valence-corrected chi connectivity index (χ0v) is 13.0. The molecule has 0 unspecified atom stereocenters. The molecule has 0 amide bonds. The minimum Gasteiger partial charge on any atom is -0.488 e. The molecule has 0 heterocycles. The second-order valence-corrected chi connectivity index (χ2v) is 5.42. The van der Waals surface area contributed by atoms with Crippen molar-refractivity contribution < 1.29 is 9.53 Å². The Bertz CT molecular complexity index is 807. The van der Waals surface area contributed by atoms with Gasteiger partial charge in [-0.05, 0) is 35.2 Å². The van der Waals surface area contributed by atoms with Crippen LogP contribution in [0.3, 0.4) is 0 Å². The minimum atomic E-state index is 0.443. The highest BCUT2D eigenvalue weighted by molar-refractivity contribution is 5.91. The average molecular weight is 302 g/mol. The molecule has 0 saturated carbocycles. The van der Waals surface area contributed by atoms with E-state index < -0.39 is 0 Å². The van der Waals surface area contributed by atoms with Crippen LogP contribution in [0.4, 0.5) is 0 Å². The van der Waals surface area contributed by atoms with E-state index in [0.717, 1.165) is 28.5 Å². The molecule has 3 rings (SSSR count). The van der Waals surface area contributed by atoms with Crippen molar-refractivity contribution in [2.45, 2.75) is 13.5 Å². The van der Waals surface area contributed by atoms with E-state index in [0.29, 0.717) is 17.9 Å². The van der Waals surface area contributed by atoms with Crippen molar-refractivity contribution in [3.05, 3.63) is 89.5 Å². The molecular weight excluding hydrogens is 284 g/mol. The second-order valence-electron chi connectivity index (χ2n) is 5.42. The lowest BCUT2D eigenvalue weighted by atomic mass is 9.96. The van der Waals surface area contributed by atoms with Crippen molar-refractivity contribution in [2.75, 3.05) is 0 Å². The summed E-state index contributed by atoms with van der Waals surface area (Å²) in [5, 5.41) is 0. The van der Waals surface area contributed by atoms with Gasteiger partial charge in [0.15, 0.2) is 6.29 Å². The van der Waals surface area contributed by atoms with E-state index in [1.54, 1.807) is 0 Å². The van der Waals surface area contributed by atoms with Crippen LogP contribution >= 0.6 is 0 Å². The van der Waals surface area contributed by atoms with Gasteiger partial charge in [0.2, 0.25) is 0 Å². The largest absolute Gasteiger partial charge is 0.488 e. The Hall–Kier alpha value is -2.87. The zero-order chi connectivity index (χ0) is 16.1. The highest BCUT2D eigenvalue weighted by atomic mass is 16.5. The predicted octanol–water partition coefficient (Wildman–Crippen LogP) is 5.05. The van der Waals surface area contributed by atoms with Gasteiger partial charge in [0.25, 0.3) is 0 Å². The summed E-state index contributed by atoms with van der Waals surface area (Å²) in [5.41, 5.74) is 4.77. The maximum atomic E-state index is 11.7.